The first kappa shape index (κ1) is 101. The number of fused-ring (bicyclic) bond motifs is 1. The van der Waals surface area contributed by atoms with E-state index in [9.17, 15) is 34.8 Å². The van der Waals surface area contributed by atoms with Gasteiger partial charge in [-0.3, -0.25) is 5.41 Å². The van der Waals surface area contributed by atoms with Gasteiger partial charge in [0.1, 0.15) is 25.0 Å². The fraction of sp³-hybridized carbons (Fsp3) is 0.240. The summed E-state index contributed by atoms with van der Waals surface area (Å²) in [5.41, 5.74) is 0. The second kappa shape index (κ2) is 56.9. The van der Waals surface area contributed by atoms with Gasteiger partial charge in [-0.2, -0.15) is 8.42 Å². The summed E-state index contributed by atoms with van der Waals surface area (Å²) in [5.74, 6) is -2.26. The zero-order valence-electron chi connectivity index (χ0n) is 37.2. The molecule has 0 fully saturated rings. The molecule has 0 amide bonds. The van der Waals surface area contributed by atoms with Gasteiger partial charge < -0.3 is 19.5 Å². The zero-order valence-corrected chi connectivity index (χ0v) is 109. The predicted molar refractivity (Wildman–Crippen MR) is 599 cm³/mol. The number of esters is 2. The molecule has 3 aromatic heterocycles. The van der Waals surface area contributed by atoms with Gasteiger partial charge >= 0.3 is 444 Å². The van der Waals surface area contributed by atoms with Crippen LogP contribution in [0.15, 0.2) is 74.1 Å². The summed E-state index contributed by atoms with van der Waals surface area (Å²) in [6, 6.07) is 8.31. The van der Waals surface area contributed by atoms with Gasteiger partial charge in [0.15, 0.2) is 5.82 Å². The molecule has 4 heterocycles. The van der Waals surface area contributed by atoms with Crippen LogP contribution < -0.4 is 23.7 Å². The van der Waals surface area contributed by atoms with E-state index in [0.717, 1.165) is 0 Å². The van der Waals surface area contributed by atoms with Crippen LogP contribution in [-0.4, -0.2) is 83.7 Å². The molecule has 0 aromatic carbocycles. The number of halogens is 34. The molecule has 0 atom stereocenters. The standard InChI is InChI=1S/C9H9N3O4S.C6H11NO3.C5H3Cl2NO2S.C5H5ClN2O2S.I16.I15/c1-2-16-9(13)8-11-7-6(4-3-5-10-7)17(14,15)12-8;1-3-9-5(7)6(8)10-4-2;2*6-5-4(11(7,9)10)2-1-3-8-5;1-10(2)12(5)14(7)16(9)15(8)13(6)11(3)4;1-9-11(4)13(6)15(8)14(7)12(5)10(2)3/h3-5H,2H2,1H3,(H,10,11,12);7H,3-4H2,1-2H3;1-3H;1-3H,(H2,7,9,10);;/q;;;;;-1. The Labute approximate surface area is 702 Å². The van der Waals surface area contributed by atoms with E-state index in [0.29, 0.717) is 19.9 Å². The molecule has 0 saturated carbocycles. The fourth-order valence-electron chi connectivity index (χ4n) is 3.11. The average Bonchev–Trinajstić information content (AvgIpc) is 3.39. The predicted octanol–water partition coefficient (Wildman–Crippen LogP) is 26.3. The van der Waals surface area contributed by atoms with Crippen LogP contribution >= 0.6 is 453 Å². The Hall–Kier alpha value is 18.6. The van der Waals surface area contributed by atoms with Crippen LogP contribution in [0.1, 0.15) is 20.8 Å². The number of anilines is 1. The molecule has 0 aliphatic carbocycles. The zero-order chi connectivity index (χ0) is 62.6. The maximum atomic E-state index is 11.7. The second-order valence-corrected chi connectivity index (χ2v) is 666. The number of hydrogen-bond donors (Lipinski definition) is 3. The second-order valence-electron chi connectivity index (χ2n) is 10.3. The number of primary sulfonamides is 1. The molecule has 0 spiro atoms. The third kappa shape index (κ3) is 44.1. The molecule has 486 valence electrons. The van der Waals surface area contributed by atoms with Crippen LogP contribution in [0.5, 0.6) is 0 Å². The molecule has 80 heavy (non-hydrogen) atoms. The van der Waals surface area contributed by atoms with E-state index in [1.807, 2.05) is 0 Å². The number of pyridine rings is 3. The normalized spacial score (nSPS) is 14.4. The smallest absolute Gasteiger partial charge is 0.243 e. The van der Waals surface area contributed by atoms with Gasteiger partial charge in [-0.15, -0.1) is 4.40 Å². The maximum absolute atomic E-state index is 11.7. The number of sulfonamides is 2. The first-order chi connectivity index (χ1) is 36.8. The SMILES string of the molecule is CCOC(=N)C(=O)OCC.CCOC(=O)C1=NS(=O)(=O)c2cccnc2N1.II(I)I(I)I(I)I(I)I(I)I(I)I(I)I.I[I-]I(I)I(I)I(I)I(I)I(I)I(I)I.NS(=O)(=O)c1cccnc1Cl.O=S(=O)(Cl)c1cccnc1Cl. The Morgan fingerprint density at radius 3 is 1.34 bits per heavy atom. The Bertz CT molecular complexity index is 2660. The molecule has 55 heteroatoms. The Morgan fingerprint density at radius 2 is 1.00 bits per heavy atom. The van der Waals surface area contributed by atoms with E-state index in [4.69, 9.17) is 44.4 Å². The minimum atomic E-state index is -3.89. The number of nitrogens with two attached hydrogens (primary N) is 1. The minimum absolute atomic E-state index is 0.0620. The van der Waals surface area contributed by atoms with Crippen LogP contribution in [0.2, 0.25) is 10.3 Å². The number of ether oxygens (including phenoxy) is 3. The molecule has 3 aromatic rings. The van der Waals surface area contributed by atoms with Gasteiger partial charge in [0.25, 0.3) is 25.0 Å². The molecule has 0 saturated heterocycles. The first-order valence-electron chi connectivity index (χ1n) is 17.2. The number of aromatic nitrogens is 3. The average molecular weight is 4740 g/mol. The van der Waals surface area contributed by atoms with Crippen LogP contribution in [0.3, 0.4) is 0 Å². The van der Waals surface area contributed by atoms with Crippen molar-refractivity contribution in [3.63, 3.8) is 0 Å². The molecular formula is C25H28Cl3I31N7O11S3-. The minimum Gasteiger partial charge on any atom is -0.243 e. The molecule has 1 aliphatic heterocycles. The topological polar surface area (TPSA) is 277 Å². The molecule has 0 bridgehead atoms. The summed E-state index contributed by atoms with van der Waals surface area (Å²) in [6.07, 6.45) is 4.18. The fourth-order valence-corrected chi connectivity index (χ4v) is 3990. The monoisotopic (exact) mass is 4740 g/mol. The number of nitrogens with one attached hydrogen (secondary N) is 2. The molecule has 18 nitrogen and oxygen atoms in total. The molecule has 4 rings (SSSR count). The van der Waals surface area contributed by atoms with Gasteiger partial charge in [-0.05, 0) is 57.2 Å². The Morgan fingerprint density at radius 1 is 0.625 bits per heavy atom. The maximum Gasteiger partial charge on any atom is 0.264 e. The van der Waals surface area contributed by atoms with Gasteiger partial charge in [0.05, 0.1) is 19.8 Å². The molecule has 0 radical (unpaired) electrons. The van der Waals surface area contributed by atoms with E-state index in [1.165, 1.54) is 55.0 Å². The quantitative estimate of drug-likeness (QED) is 0.0267. The summed E-state index contributed by atoms with van der Waals surface area (Å²) in [7, 11) is -11.0. The van der Waals surface area contributed by atoms with E-state index >= 15 is 0 Å². The summed E-state index contributed by atoms with van der Waals surface area (Å²) in [5, 5.41) is 14.0. The molecule has 4 N–H and O–H groups in total. The van der Waals surface area contributed by atoms with Crippen LogP contribution in [0.25, 0.3) is 0 Å². The van der Waals surface area contributed by atoms with Crippen LogP contribution in [0.4, 0.5) is 5.82 Å². The Balaban J connectivity index is 0. The van der Waals surface area contributed by atoms with Gasteiger partial charge in [-0.1, -0.05) is 23.2 Å². The third-order valence-corrected chi connectivity index (χ3v) is 1910. The third-order valence-electron chi connectivity index (χ3n) is 5.67. The van der Waals surface area contributed by atoms with E-state index in [1.54, 1.807) is 20.8 Å². The van der Waals surface area contributed by atoms with E-state index < -0.39 is 70.6 Å². The summed E-state index contributed by atoms with van der Waals surface area (Å²) < 4.78 is 83.3. The number of rotatable bonds is 18. The van der Waals surface area contributed by atoms with Crippen molar-refractivity contribution in [1.29, 1.82) is 5.41 Å². The van der Waals surface area contributed by atoms with Crippen molar-refractivity contribution >= 4 is 512 Å². The van der Waals surface area contributed by atoms with Crippen molar-refractivity contribution in [2.75, 3.05) is 25.1 Å². The molecule has 0 unspecified atom stereocenters. The van der Waals surface area contributed by atoms with Crippen molar-refractivity contribution in [2.45, 2.75) is 35.5 Å². The van der Waals surface area contributed by atoms with Crippen LogP contribution in [0, 0.1) is 5.41 Å². The van der Waals surface area contributed by atoms with Gasteiger partial charge in [-0.25, -0.2) is 46.5 Å². The largest absolute Gasteiger partial charge is 0.264 e. The number of carbonyl (C=O) groups excluding carboxylic acids is 2. The molecular weight excluding hydrogens is 4710 g/mol. The number of amidine groups is 1. The summed E-state index contributed by atoms with van der Waals surface area (Å²) in [4.78, 5) is 32.5. The summed E-state index contributed by atoms with van der Waals surface area (Å²) >= 11 is 61.8. The molecule has 1 aliphatic rings. The van der Waals surface area contributed by atoms with Gasteiger partial charge in [0, 0.05) is 29.3 Å². The van der Waals surface area contributed by atoms with E-state index in [-0.39, 0.29) is 129 Å². The van der Waals surface area contributed by atoms with Crippen molar-refractivity contribution in [1.82, 2.24) is 15.0 Å². The summed E-state index contributed by atoms with van der Waals surface area (Å²) in [6.45, 7) is 5.72. The van der Waals surface area contributed by atoms with Crippen molar-refractivity contribution < 1.29 is 62.3 Å². The number of hydrogen-bond acceptors (Lipinski definition) is 16. The first-order valence-corrected chi connectivity index (χ1v) is 206. The van der Waals surface area contributed by atoms with Gasteiger partial charge in [0.2, 0.25) is 15.9 Å². The van der Waals surface area contributed by atoms with Crippen molar-refractivity contribution in [2.24, 2.45) is 9.54 Å². The number of nitrogens with zero attached hydrogens (tertiary/aromatic N) is 4. The van der Waals surface area contributed by atoms with E-state index in [2.05, 4.69) is 355 Å². The van der Waals surface area contributed by atoms with Crippen LogP contribution in [-0.2, 0) is 52.9 Å². The Kier molecular flexibility index (Phi) is 71.6. The van der Waals surface area contributed by atoms with Crippen molar-refractivity contribution in [3.05, 3.63) is 65.3 Å². The number of carbonyl (C=O) groups is 2. The van der Waals surface area contributed by atoms with Crippen molar-refractivity contribution in [3.8, 4) is 0 Å².